The number of carbonyl (C=O) groups is 2. The van der Waals surface area contributed by atoms with Crippen LogP contribution in [0.5, 0.6) is 0 Å². The molecule has 0 N–H and O–H groups in total. The van der Waals surface area contributed by atoms with Crippen molar-refractivity contribution < 1.29 is 20.0 Å². The summed E-state index contributed by atoms with van der Waals surface area (Å²) in [6.07, 6.45) is -0.103. The van der Waals surface area contributed by atoms with Crippen LogP contribution in [0.15, 0.2) is 0 Å². The fraction of sp³-hybridized carbons (Fsp3) is 0.800. The Labute approximate surface area is 109 Å². The van der Waals surface area contributed by atoms with E-state index in [1.165, 1.54) is 6.92 Å². The van der Waals surface area contributed by atoms with Crippen molar-refractivity contribution in [1.82, 2.24) is 0 Å². The number of hydrogen-bond donors (Lipinski definition) is 0. The molecule has 0 aromatic carbocycles. The van der Waals surface area contributed by atoms with Gasteiger partial charge in [-0.3, -0.25) is 9.59 Å². The summed E-state index contributed by atoms with van der Waals surface area (Å²) in [6.45, 7) is 9.03. The van der Waals surface area contributed by atoms with Crippen molar-refractivity contribution in [2.24, 2.45) is 0 Å². The predicted molar refractivity (Wildman–Crippen MR) is 60.9 cm³/mol. The van der Waals surface area contributed by atoms with Gasteiger partial charge in [-0.15, -0.1) is 0 Å². The molecule has 0 rings (SSSR count). The Morgan fingerprint density at radius 1 is 1.00 bits per heavy atom. The molecule has 0 aromatic heterocycles. The van der Waals surface area contributed by atoms with E-state index in [4.69, 9.17) is 5.71 Å². The molecule has 0 bridgehead atoms. The summed E-state index contributed by atoms with van der Waals surface area (Å²) in [5.74, 6) is -0.599. The molecule has 0 spiro atoms. The van der Waals surface area contributed by atoms with Gasteiger partial charge in [0.15, 0.2) is 0 Å². The Hall–Kier alpha value is -0.0699. The zero-order chi connectivity index (χ0) is 12.8. The first kappa shape index (κ1) is 18.3. The third-order valence-electron chi connectivity index (χ3n) is 1.17. The van der Waals surface area contributed by atoms with Crippen molar-refractivity contribution in [3.05, 3.63) is 0 Å². The topological polar surface area (TPSA) is 61.8 Å². The maximum atomic E-state index is 10.4. The standard InChI is InChI=1S/C6H10O3.2C2H5O.In/c1-3-9-6(8)4-5(2)7;2*1-2-3;/h3-4H2,1-2H3;2*2H2,1H3;/q;2*-1;+2. The Morgan fingerprint density at radius 3 is 1.81 bits per heavy atom. The van der Waals surface area contributed by atoms with Crippen LogP contribution in [0.2, 0.25) is 0 Å². The van der Waals surface area contributed by atoms with Gasteiger partial charge in [-0.05, 0) is 13.8 Å². The van der Waals surface area contributed by atoms with Gasteiger partial charge in [0.05, 0.1) is 6.61 Å². The van der Waals surface area contributed by atoms with E-state index in [0.717, 1.165) is 13.2 Å². The molecule has 0 fully saturated rings. The van der Waals surface area contributed by atoms with Crippen molar-refractivity contribution in [2.45, 2.75) is 34.1 Å². The van der Waals surface area contributed by atoms with Crippen molar-refractivity contribution in [3.63, 3.8) is 0 Å². The summed E-state index contributed by atoms with van der Waals surface area (Å²) in [6, 6.07) is 0. The van der Waals surface area contributed by atoms with E-state index in [2.05, 4.69) is 4.74 Å². The third-order valence-corrected chi connectivity index (χ3v) is 3.85. The minimum absolute atomic E-state index is 0.103. The van der Waals surface area contributed by atoms with Gasteiger partial charge in [-0.2, -0.15) is 0 Å². The molecule has 16 heavy (non-hydrogen) atoms. The number of rotatable bonds is 7. The molecule has 0 unspecified atom stereocenters. The van der Waals surface area contributed by atoms with Crippen LogP contribution in [0.3, 0.4) is 0 Å². The predicted octanol–water partition coefficient (Wildman–Crippen LogP) is 1.12. The summed E-state index contributed by atoms with van der Waals surface area (Å²) in [5.41, 5.74) is 0. The second-order valence-corrected chi connectivity index (χ2v) is 5.14. The summed E-state index contributed by atoms with van der Waals surface area (Å²) in [7, 11) is 0. The quantitative estimate of drug-likeness (QED) is 0.396. The van der Waals surface area contributed by atoms with Gasteiger partial charge in [-0.25, -0.2) is 0 Å². The summed E-state index contributed by atoms with van der Waals surface area (Å²) >= 11 is -0.966. The van der Waals surface area contributed by atoms with Crippen LogP contribution in [-0.4, -0.2) is 55.4 Å². The fourth-order valence-corrected chi connectivity index (χ4v) is 1.65. The molecule has 0 aromatic rings. The molecule has 6 heteroatoms. The van der Waals surface area contributed by atoms with Crippen LogP contribution in [0.25, 0.3) is 0 Å². The average molecular weight is 335 g/mol. The second kappa shape index (κ2) is 14.9. The molecule has 0 atom stereocenters. The first-order chi connectivity index (χ1) is 7.58. The van der Waals surface area contributed by atoms with E-state index in [1.807, 2.05) is 13.8 Å². The summed E-state index contributed by atoms with van der Waals surface area (Å²) < 4.78 is 14.6. The van der Waals surface area contributed by atoms with Crippen molar-refractivity contribution in [1.29, 1.82) is 0 Å². The van der Waals surface area contributed by atoms with Gasteiger partial charge in [0, 0.05) is 0 Å². The number of hydrogen-bond acceptors (Lipinski definition) is 5. The van der Waals surface area contributed by atoms with E-state index in [1.54, 1.807) is 6.92 Å². The molecule has 93 valence electrons. The van der Waals surface area contributed by atoms with E-state index in [-0.39, 0.29) is 12.2 Å². The molecule has 0 aliphatic carbocycles. The average Bonchev–Trinajstić information content (AvgIpc) is 2.18. The number of carbonyl (C=O) groups excluding carboxylic acids is 2. The van der Waals surface area contributed by atoms with Crippen LogP contribution in [0, 0.1) is 0 Å². The Kier molecular flexibility index (Phi) is 17.1. The van der Waals surface area contributed by atoms with Gasteiger partial charge in [0.2, 0.25) is 0 Å². The van der Waals surface area contributed by atoms with Crippen LogP contribution in [-0.2, 0) is 20.0 Å². The minimum atomic E-state index is -0.966. The first-order valence-corrected chi connectivity index (χ1v) is 7.97. The van der Waals surface area contributed by atoms with Crippen LogP contribution < -0.4 is 0 Å². The second-order valence-electron chi connectivity index (χ2n) is 2.69. The van der Waals surface area contributed by atoms with Gasteiger partial charge in [-0.1, -0.05) is 0 Å². The number of esters is 1. The van der Waals surface area contributed by atoms with Crippen molar-refractivity contribution >= 4 is 35.5 Å². The molecule has 0 amide bonds. The van der Waals surface area contributed by atoms with E-state index in [9.17, 15) is 9.59 Å². The molecule has 5 nitrogen and oxygen atoms in total. The normalized spacial score (nSPS) is 8.75. The molecule has 0 aliphatic rings. The van der Waals surface area contributed by atoms with Crippen molar-refractivity contribution in [2.75, 3.05) is 19.8 Å². The molecular formula is C10H20InO5. The Bertz CT molecular complexity index is 180. The third kappa shape index (κ3) is 19.5. The SMILES string of the molecule is CCOC(=O)CC(C)=O.CC[O][In][O]CC. The van der Waals surface area contributed by atoms with E-state index < -0.39 is 29.7 Å². The Morgan fingerprint density at radius 2 is 1.50 bits per heavy atom. The van der Waals surface area contributed by atoms with Crippen LogP contribution in [0.1, 0.15) is 34.1 Å². The van der Waals surface area contributed by atoms with Crippen molar-refractivity contribution in [3.8, 4) is 0 Å². The zero-order valence-corrected chi connectivity index (χ0v) is 13.7. The molecule has 0 aliphatic heterocycles. The molecular weight excluding hydrogens is 315 g/mol. The molecule has 0 saturated carbocycles. The zero-order valence-electron chi connectivity index (χ0n) is 10.4. The van der Waals surface area contributed by atoms with Gasteiger partial charge >= 0.3 is 62.5 Å². The Balaban J connectivity index is 0. The van der Waals surface area contributed by atoms with Gasteiger partial charge in [0.1, 0.15) is 12.2 Å². The molecule has 1 radical (unpaired) electrons. The number of ketones is 1. The maximum absolute atomic E-state index is 10.4. The summed E-state index contributed by atoms with van der Waals surface area (Å²) in [5, 5.41) is 0. The van der Waals surface area contributed by atoms with Gasteiger partial charge < -0.3 is 4.74 Å². The fourth-order valence-electron chi connectivity index (χ4n) is 0.599. The number of Topliss-reactive ketones (excluding diaryl/α,β-unsaturated/α-hetero) is 1. The van der Waals surface area contributed by atoms with Crippen LogP contribution >= 0.6 is 0 Å². The first-order valence-electron chi connectivity index (χ1n) is 5.28. The number of ether oxygens (including phenoxy) is 1. The van der Waals surface area contributed by atoms with E-state index in [0.29, 0.717) is 6.61 Å². The van der Waals surface area contributed by atoms with Gasteiger partial charge in [0.25, 0.3) is 0 Å². The monoisotopic (exact) mass is 335 g/mol. The summed E-state index contributed by atoms with van der Waals surface area (Å²) in [4.78, 5) is 20.6. The van der Waals surface area contributed by atoms with Crippen LogP contribution in [0.4, 0.5) is 0 Å². The van der Waals surface area contributed by atoms with E-state index >= 15 is 0 Å². The molecule has 0 heterocycles. The molecule has 0 saturated heterocycles.